The molecule has 0 aliphatic heterocycles. The van der Waals surface area contributed by atoms with Crippen molar-refractivity contribution < 1.29 is 0 Å². The predicted octanol–water partition coefficient (Wildman–Crippen LogP) is 3.80. The summed E-state index contributed by atoms with van der Waals surface area (Å²) in [6, 6.07) is 8.62. The standard InChI is InChI=1S/C16H27ClN2/c1-5-10-18-11-13(2)14(3)19(4)12-15-8-6-7-9-16(15)17/h6-9,13-14,18H,5,10-12H2,1-4H3. The van der Waals surface area contributed by atoms with Crippen molar-refractivity contribution in [1.82, 2.24) is 10.2 Å². The van der Waals surface area contributed by atoms with Crippen molar-refractivity contribution in [3.05, 3.63) is 34.9 Å². The molecule has 0 bridgehead atoms. The van der Waals surface area contributed by atoms with E-state index in [4.69, 9.17) is 11.6 Å². The number of nitrogens with zero attached hydrogens (tertiary/aromatic N) is 1. The van der Waals surface area contributed by atoms with E-state index in [9.17, 15) is 0 Å². The summed E-state index contributed by atoms with van der Waals surface area (Å²) in [5, 5.41) is 4.35. The lowest BCUT2D eigenvalue weighted by atomic mass is 10.0. The van der Waals surface area contributed by atoms with E-state index in [0.29, 0.717) is 12.0 Å². The molecule has 1 rings (SSSR count). The molecule has 108 valence electrons. The maximum atomic E-state index is 6.22. The Hall–Kier alpha value is -0.570. The van der Waals surface area contributed by atoms with Crippen LogP contribution in [-0.2, 0) is 6.54 Å². The summed E-state index contributed by atoms with van der Waals surface area (Å²) >= 11 is 6.22. The topological polar surface area (TPSA) is 15.3 Å². The van der Waals surface area contributed by atoms with E-state index in [1.807, 2.05) is 18.2 Å². The molecule has 0 amide bonds. The van der Waals surface area contributed by atoms with Gasteiger partial charge in [0.25, 0.3) is 0 Å². The Kier molecular flexibility index (Phi) is 7.44. The van der Waals surface area contributed by atoms with Crippen LogP contribution in [0.1, 0.15) is 32.8 Å². The van der Waals surface area contributed by atoms with Crippen LogP contribution < -0.4 is 5.32 Å². The third kappa shape index (κ3) is 5.52. The molecule has 0 spiro atoms. The van der Waals surface area contributed by atoms with Gasteiger partial charge in [-0.3, -0.25) is 4.90 Å². The minimum absolute atomic E-state index is 0.528. The minimum atomic E-state index is 0.528. The number of nitrogens with one attached hydrogen (secondary N) is 1. The van der Waals surface area contributed by atoms with Gasteiger partial charge in [-0.25, -0.2) is 0 Å². The maximum absolute atomic E-state index is 6.22. The van der Waals surface area contributed by atoms with Gasteiger partial charge in [-0.05, 0) is 51.0 Å². The zero-order valence-corrected chi connectivity index (χ0v) is 13.4. The van der Waals surface area contributed by atoms with Gasteiger partial charge in [0, 0.05) is 17.6 Å². The van der Waals surface area contributed by atoms with Crippen molar-refractivity contribution in [3.63, 3.8) is 0 Å². The molecular formula is C16H27ClN2. The third-order valence-electron chi connectivity index (χ3n) is 3.79. The Morgan fingerprint density at radius 2 is 1.95 bits per heavy atom. The van der Waals surface area contributed by atoms with Crippen LogP contribution in [0.3, 0.4) is 0 Å². The summed E-state index contributed by atoms with van der Waals surface area (Å²) in [6.07, 6.45) is 1.19. The molecule has 0 saturated heterocycles. The van der Waals surface area contributed by atoms with Gasteiger partial charge in [0.05, 0.1) is 0 Å². The van der Waals surface area contributed by atoms with E-state index in [1.165, 1.54) is 12.0 Å². The van der Waals surface area contributed by atoms with Crippen LogP contribution in [-0.4, -0.2) is 31.1 Å². The Bertz CT molecular complexity index is 368. The van der Waals surface area contributed by atoms with Crippen LogP contribution in [0, 0.1) is 5.92 Å². The number of benzene rings is 1. The fourth-order valence-corrected chi connectivity index (χ4v) is 2.35. The first kappa shape index (κ1) is 16.5. The molecule has 0 aliphatic carbocycles. The molecule has 19 heavy (non-hydrogen) atoms. The van der Waals surface area contributed by atoms with E-state index < -0.39 is 0 Å². The average Bonchev–Trinajstić information content (AvgIpc) is 2.40. The Morgan fingerprint density at radius 3 is 2.58 bits per heavy atom. The van der Waals surface area contributed by atoms with Crippen LogP contribution >= 0.6 is 11.6 Å². The van der Waals surface area contributed by atoms with E-state index in [1.54, 1.807) is 0 Å². The molecule has 0 radical (unpaired) electrons. The van der Waals surface area contributed by atoms with Gasteiger partial charge in [-0.1, -0.05) is 43.6 Å². The molecule has 3 heteroatoms. The first-order valence-electron chi connectivity index (χ1n) is 7.20. The average molecular weight is 283 g/mol. The van der Waals surface area contributed by atoms with Crippen molar-refractivity contribution in [2.75, 3.05) is 20.1 Å². The van der Waals surface area contributed by atoms with Crippen LogP contribution in [0.15, 0.2) is 24.3 Å². The van der Waals surface area contributed by atoms with E-state index in [-0.39, 0.29) is 0 Å². The molecule has 2 unspecified atom stereocenters. The Balaban J connectivity index is 2.48. The van der Waals surface area contributed by atoms with Crippen LogP contribution in [0.2, 0.25) is 5.02 Å². The lowest BCUT2D eigenvalue weighted by Crippen LogP contribution is -2.38. The summed E-state index contributed by atoms with van der Waals surface area (Å²) in [7, 11) is 2.17. The van der Waals surface area contributed by atoms with Gasteiger partial charge >= 0.3 is 0 Å². The van der Waals surface area contributed by atoms with Crippen molar-refractivity contribution in [2.24, 2.45) is 5.92 Å². The minimum Gasteiger partial charge on any atom is -0.316 e. The summed E-state index contributed by atoms with van der Waals surface area (Å²) < 4.78 is 0. The normalized spacial score (nSPS) is 14.6. The fraction of sp³-hybridized carbons (Fsp3) is 0.625. The largest absolute Gasteiger partial charge is 0.316 e. The number of rotatable bonds is 8. The molecule has 0 heterocycles. The molecule has 0 saturated carbocycles. The highest BCUT2D eigenvalue weighted by Gasteiger charge is 2.17. The molecule has 2 atom stereocenters. The molecule has 0 fully saturated rings. The smallest absolute Gasteiger partial charge is 0.0451 e. The second-order valence-electron chi connectivity index (χ2n) is 5.43. The second kappa shape index (κ2) is 8.57. The summed E-state index contributed by atoms with van der Waals surface area (Å²) in [5.74, 6) is 0.624. The van der Waals surface area contributed by atoms with Crippen molar-refractivity contribution >= 4 is 11.6 Å². The number of hydrogen-bond donors (Lipinski definition) is 1. The Morgan fingerprint density at radius 1 is 1.26 bits per heavy atom. The molecule has 1 aromatic carbocycles. The molecule has 1 N–H and O–H groups in total. The zero-order chi connectivity index (χ0) is 14.3. The molecule has 1 aromatic rings. The van der Waals surface area contributed by atoms with Crippen molar-refractivity contribution in [3.8, 4) is 0 Å². The number of hydrogen-bond acceptors (Lipinski definition) is 2. The zero-order valence-electron chi connectivity index (χ0n) is 12.6. The monoisotopic (exact) mass is 282 g/mol. The number of halogens is 1. The van der Waals surface area contributed by atoms with Crippen LogP contribution in [0.25, 0.3) is 0 Å². The molecular weight excluding hydrogens is 256 g/mol. The third-order valence-corrected chi connectivity index (χ3v) is 4.16. The van der Waals surface area contributed by atoms with Crippen molar-refractivity contribution in [1.29, 1.82) is 0 Å². The highest BCUT2D eigenvalue weighted by molar-refractivity contribution is 6.31. The van der Waals surface area contributed by atoms with Gasteiger partial charge in [0.15, 0.2) is 0 Å². The van der Waals surface area contributed by atoms with Gasteiger partial charge in [0.2, 0.25) is 0 Å². The fourth-order valence-electron chi connectivity index (χ4n) is 2.15. The summed E-state index contributed by atoms with van der Waals surface area (Å²) in [5.41, 5.74) is 1.20. The van der Waals surface area contributed by atoms with Crippen LogP contribution in [0.4, 0.5) is 0 Å². The molecule has 0 aromatic heterocycles. The summed E-state index contributed by atoms with van der Waals surface area (Å²) in [4.78, 5) is 2.37. The van der Waals surface area contributed by atoms with Gasteiger partial charge in [-0.15, -0.1) is 0 Å². The molecule has 0 aliphatic rings. The highest BCUT2D eigenvalue weighted by Crippen LogP contribution is 2.19. The predicted molar refractivity (Wildman–Crippen MR) is 84.7 cm³/mol. The quantitative estimate of drug-likeness (QED) is 0.730. The van der Waals surface area contributed by atoms with Crippen LogP contribution in [0.5, 0.6) is 0 Å². The van der Waals surface area contributed by atoms with Crippen molar-refractivity contribution in [2.45, 2.75) is 39.8 Å². The second-order valence-corrected chi connectivity index (χ2v) is 5.84. The highest BCUT2D eigenvalue weighted by atomic mass is 35.5. The van der Waals surface area contributed by atoms with E-state index in [2.05, 4.69) is 44.1 Å². The van der Waals surface area contributed by atoms with Gasteiger partial charge in [-0.2, -0.15) is 0 Å². The van der Waals surface area contributed by atoms with Gasteiger partial charge in [0.1, 0.15) is 0 Å². The maximum Gasteiger partial charge on any atom is 0.0451 e. The van der Waals surface area contributed by atoms with Gasteiger partial charge < -0.3 is 5.32 Å². The lowest BCUT2D eigenvalue weighted by Gasteiger charge is -2.30. The summed E-state index contributed by atoms with van der Waals surface area (Å²) in [6.45, 7) is 9.86. The van der Waals surface area contributed by atoms with E-state index in [0.717, 1.165) is 24.7 Å². The lowest BCUT2D eigenvalue weighted by molar-refractivity contribution is 0.189. The Labute approximate surface area is 123 Å². The molecule has 2 nitrogen and oxygen atoms in total. The van der Waals surface area contributed by atoms with E-state index >= 15 is 0 Å². The first-order valence-corrected chi connectivity index (χ1v) is 7.58. The first-order chi connectivity index (χ1) is 9.06. The SMILES string of the molecule is CCCNCC(C)C(C)N(C)Cc1ccccc1Cl.